The SMILES string of the molecule is COc1ccc2c(c1)cn1c3cc(C)ccc3ncc21. The lowest BCUT2D eigenvalue weighted by Gasteiger charge is -2.03. The van der Waals surface area contributed by atoms with Gasteiger partial charge in [-0.3, -0.25) is 4.98 Å². The van der Waals surface area contributed by atoms with Crippen LogP contribution in [0.15, 0.2) is 48.8 Å². The molecule has 0 saturated heterocycles. The first kappa shape index (κ1) is 11.3. The Morgan fingerprint density at radius 1 is 1.05 bits per heavy atom. The van der Waals surface area contributed by atoms with Gasteiger partial charge in [-0.2, -0.15) is 0 Å². The average molecular weight is 262 g/mol. The Hall–Kier alpha value is -2.55. The van der Waals surface area contributed by atoms with Crippen LogP contribution in [0.3, 0.4) is 0 Å². The molecule has 0 N–H and O–H groups in total. The lowest BCUT2D eigenvalue weighted by atomic mass is 10.2. The molecule has 0 amide bonds. The van der Waals surface area contributed by atoms with E-state index in [0.29, 0.717) is 0 Å². The molecule has 4 aromatic rings. The molecule has 2 aromatic heterocycles. The zero-order valence-electron chi connectivity index (χ0n) is 11.4. The number of benzene rings is 2. The first-order valence-electron chi connectivity index (χ1n) is 6.60. The van der Waals surface area contributed by atoms with Crippen LogP contribution < -0.4 is 4.74 Å². The number of rotatable bonds is 1. The van der Waals surface area contributed by atoms with E-state index in [9.17, 15) is 0 Å². The maximum absolute atomic E-state index is 5.30. The molecule has 98 valence electrons. The Kier molecular flexibility index (Phi) is 2.24. The van der Waals surface area contributed by atoms with Crippen molar-refractivity contribution < 1.29 is 4.74 Å². The summed E-state index contributed by atoms with van der Waals surface area (Å²) in [5.74, 6) is 0.877. The predicted octanol–water partition coefficient (Wildman–Crippen LogP) is 3.96. The number of nitrogens with zero attached hydrogens (tertiary/aromatic N) is 2. The Labute approximate surface area is 116 Å². The fourth-order valence-electron chi connectivity index (χ4n) is 2.74. The molecule has 20 heavy (non-hydrogen) atoms. The molecule has 0 fully saturated rings. The quantitative estimate of drug-likeness (QED) is 0.519. The van der Waals surface area contributed by atoms with Crippen LogP contribution in [0.25, 0.3) is 27.3 Å². The van der Waals surface area contributed by atoms with E-state index in [1.165, 1.54) is 16.3 Å². The summed E-state index contributed by atoms with van der Waals surface area (Å²) < 4.78 is 7.51. The van der Waals surface area contributed by atoms with E-state index in [1.807, 2.05) is 12.3 Å². The molecule has 3 nitrogen and oxygen atoms in total. The zero-order chi connectivity index (χ0) is 13.7. The van der Waals surface area contributed by atoms with E-state index < -0.39 is 0 Å². The number of fused-ring (bicyclic) bond motifs is 5. The van der Waals surface area contributed by atoms with Crippen LogP contribution in [0.5, 0.6) is 5.75 Å². The standard InChI is InChI=1S/C17H14N2O/c1-11-3-6-15-16(7-11)19-10-12-8-13(20-2)4-5-14(12)17(19)9-18-15/h3-10H,1-2H3. The maximum Gasteiger partial charge on any atom is 0.119 e. The highest BCUT2D eigenvalue weighted by Crippen LogP contribution is 2.28. The third kappa shape index (κ3) is 1.50. The Balaban J connectivity index is 2.19. The molecule has 0 bridgehead atoms. The smallest absolute Gasteiger partial charge is 0.119 e. The average Bonchev–Trinajstić information content (AvgIpc) is 2.85. The topological polar surface area (TPSA) is 26.5 Å². The van der Waals surface area contributed by atoms with Gasteiger partial charge >= 0.3 is 0 Å². The molecule has 0 aliphatic rings. The minimum Gasteiger partial charge on any atom is -0.497 e. The summed E-state index contributed by atoms with van der Waals surface area (Å²) in [6.07, 6.45) is 4.09. The molecule has 0 unspecified atom stereocenters. The van der Waals surface area contributed by atoms with Crippen LogP contribution in [-0.2, 0) is 0 Å². The highest BCUT2D eigenvalue weighted by Gasteiger charge is 2.08. The van der Waals surface area contributed by atoms with Crippen molar-refractivity contribution in [1.82, 2.24) is 9.38 Å². The van der Waals surface area contributed by atoms with Gasteiger partial charge in [-0.15, -0.1) is 0 Å². The van der Waals surface area contributed by atoms with Crippen LogP contribution >= 0.6 is 0 Å². The second-order valence-corrected chi connectivity index (χ2v) is 5.09. The van der Waals surface area contributed by atoms with Crippen molar-refractivity contribution in [2.24, 2.45) is 0 Å². The van der Waals surface area contributed by atoms with E-state index in [0.717, 1.165) is 22.3 Å². The molecule has 0 radical (unpaired) electrons. The van der Waals surface area contributed by atoms with Crippen molar-refractivity contribution >= 4 is 27.3 Å². The molecule has 0 saturated carbocycles. The van der Waals surface area contributed by atoms with Crippen LogP contribution in [-0.4, -0.2) is 16.5 Å². The first-order chi connectivity index (χ1) is 9.76. The Morgan fingerprint density at radius 2 is 1.95 bits per heavy atom. The van der Waals surface area contributed by atoms with Crippen LogP contribution in [0.4, 0.5) is 0 Å². The zero-order valence-corrected chi connectivity index (χ0v) is 11.4. The highest BCUT2D eigenvalue weighted by molar-refractivity contribution is 6.00. The van der Waals surface area contributed by atoms with E-state index in [4.69, 9.17) is 4.74 Å². The van der Waals surface area contributed by atoms with E-state index in [1.54, 1.807) is 7.11 Å². The van der Waals surface area contributed by atoms with E-state index in [2.05, 4.69) is 52.8 Å². The molecular formula is C17H14N2O. The van der Waals surface area contributed by atoms with Crippen molar-refractivity contribution in [2.45, 2.75) is 6.92 Å². The lowest BCUT2D eigenvalue weighted by molar-refractivity contribution is 0.415. The molecule has 4 rings (SSSR count). The van der Waals surface area contributed by atoms with Gasteiger partial charge in [-0.25, -0.2) is 0 Å². The molecule has 3 heteroatoms. The van der Waals surface area contributed by atoms with Crippen molar-refractivity contribution in [3.05, 3.63) is 54.4 Å². The predicted molar refractivity (Wildman–Crippen MR) is 81.5 cm³/mol. The summed E-state index contributed by atoms with van der Waals surface area (Å²) in [4.78, 5) is 4.56. The summed E-state index contributed by atoms with van der Waals surface area (Å²) in [7, 11) is 1.69. The summed E-state index contributed by atoms with van der Waals surface area (Å²) in [5.41, 5.74) is 4.51. The van der Waals surface area contributed by atoms with Crippen LogP contribution in [0, 0.1) is 6.92 Å². The van der Waals surface area contributed by atoms with Gasteiger partial charge in [-0.05, 0) is 42.8 Å². The summed E-state index contributed by atoms with van der Waals surface area (Å²) in [6, 6.07) is 12.5. The molecule has 2 aromatic carbocycles. The fraction of sp³-hybridized carbons (Fsp3) is 0.118. The molecular weight excluding hydrogens is 248 g/mol. The number of aryl methyl sites for hydroxylation is 1. The van der Waals surface area contributed by atoms with Gasteiger partial charge < -0.3 is 9.14 Å². The summed E-state index contributed by atoms with van der Waals surface area (Å²) >= 11 is 0. The lowest BCUT2D eigenvalue weighted by Crippen LogP contribution is -1.89. The van der Waals surface area contributed by atoms with Crippen LogP contribution in [0.1, 0.15) is 5.56 Å². The van der Waals surface area contributed by atoms with Gasteiger partial charge in [0.05, 0.1) is 29.9 Å². The largest absolute Gasteiger partial charge is 0.497 e. The van der Waals surface area contributed by atoms with Crippen LogP contribution in [0.2, 0.25) is 0 Å². The second kappa shape index (κ2) is 3.97. The molecule has 0 atom stereocenters. The molecule has 0 aliphatic carbocycles. The highest BCUT2D eigenvalue weighted by atomic mass is 16.5. The van der Waals surface area contributed by atoms with Crippen molar-refractivity contribution in [2.75, 3.05) is 7.11 Å². The number of hydrogen-bond acceptors (Lipinski definition) is 2. The maximum atomic E-state index is 5.30. The number of aromatic nitrogens is 2. The van der Waals surface area contributed by atoms with Crippen molar-refractivity contribution in [3.8, 4) is 5.75 Å². The third-order valence-corrected chi connectivity index (χ3v) is 3.78. The van der Waals surface area contributed by atoms with Gasteiger partial charge in [0, 0.05) is 17.0 Å². The van der Waals surface area contributed by atoms with Gasteiger partial charge in [0.2, 0.25) is 0 Å². The minimum absolute atomic E-state index is 0.877. The summed E-state index contributed by atoms with van der Waals surface area (Å²) in [6.45, 7) is 2.10. The molecule has 2 heterocycles. The van der Waals surface area contributed by atoms with Gasteiger partial charge in [0.1, 0.15) is 5.75 Å². The third-order valence-electron chi connectivity index (χ3n) is 3.78. The van der Waals surface area contributed by atoms with Gasteiger partial charge in [-0.1, -0.05) is 6.07 Å². The Bertz CT molecular complexity index is 953. The summed E-state index contributed by atoms with van der Waals surface area (Å²) in [5, 5.41) is 2.36. The van der Waals surface area contributed by atoms with Gasteiger partial charge in [0.25, 0.3) is 0 Å². The minimum atomic E-state index is 0.877. The normalized spacial score (nSPS) is 11.5. The molecule has 0 aliphatic heterocycles. The van der Waals surface area contributed by atoms with Crippen molar-refractivity contribution in [3.63, 3.8) is 0 Å². The second-order valence-electron chi connectivity index (χ2n) is 5.09. The Morgan fingerprint density at radius 3 is 2.80 bits per heavy atom. The van der Waals surface area contributed by atoms with E-state index >= 15 is 0 Å². The number of methoxy groups -OCH3 is 1. The molecule has 0 spiro atoms. The van der Waals surface area contributed by atoms with Crippen molar-refractivity contribution in [1.29, 1.82) is 0 Å². The first-order valence-corrected chi connectivity index (χ1v) is 6.60. The number of ether oxygens (including phenoxy) is 1. The van der Waals surface area contributed by atoms with Gasteiger partial charge in [0.15, 0.2) is 0 Å². The van der Waals surface area contributed by atoms with E-state index in [-0.39, 0.29) is 0 Å². The fourth-order valence-corrected chi connectivity index (χ4v) is 2.74. The monoisotopic (exact) mass is 262 g/mol. The number of hydrogen-bond donors (Lipinski definition) is 0.